The molecular formula is C39H52N4O12S2. The van der Waals surface area contributed by atoms with Crippen molar-refractivity contribution in [3.8, 4) is 22.6 Å². The van der Waals surface area contributed by atoms with Gasteiger partial charge in [-0.1, -0.05) is 36.4 Å². The molecule has 1 unspecified atom stereocenters. The van der Waals surface area contributed by atoms with Gasteiger partial charge in [0.15, 0.2) is 0 Å². The van der Waals surface area contributed by atoms with Gasteiger partial charge in [-0.2, -0.15) is 4.31 Å². The number of hydrogen-bond donors (Lipinski definition) is 4. The fourth-order valence-electron chi connectivity index (χ4n) is 6.46. The Labute approximate surface area is 334 Å². The van der Waals surface area contributed by atoms with E-state index in [1.54, 1.807) is 45.9 Å². The highest BCUT2D eigenvalue weighted by Crippen LogP contribution is 2.40. The average Bonchev–Trinajstić information content (AvgIpc) is 3.56. The molecule has 5 rings (SSSR count). The molecule has 0 radical (unpaired) electrons. The third kappa shape index (κ3) is 11.8. The molecule has 2 atom stereocenters. The molecule has 16 nitrogen and oxygen atoms in total. The predicted octanol–water partition coefficient (Wildman–Crippen LogP) is 4.16. The Morgan fingerprint density at radius 1 is 0.947 bits per heavy atom. The maximum atomic E-state index is 14.1. The fourth-order valence-corrected chi connectivity index (χ4v) is 8.83. The zero-order valence-corrected chi connectivity index (χ0v) is 34.4. The van der Waals surface area contributed by atoms with Gasteiger partial charge < -0.3 is 39.4 Å². The molecule has 1 spiro atoms. The van der Waals surface area contributed by atoms with Gasteiger partial charge in [0.05, 0.1) is 30.3 Å². The van der Waals surface area contributed by atoms with Crippen molar-refractivity contribution in [3.63, 3.8) is 0 Å². The van der Waals surface area contributed by atoms with E-state index < -0.39 is 55.6 Å². The summed E-state index contributed by atoms with van der Waals surface area (Å²) in [5.74, 6) is 0.486. The van der Waals surface area contributed by atoms with Gasteiger partial charge in [0.2, 0.25) is 20.0 Å². The van der Waals surface area contributed by atoms with Gasteiger partial charge in [-0.25, -0.2) is 31.1 Å². The summed E-state index contributed by atoms with van der Waals surface area (Å²) in [7, 11) is -6.35. The van der Waals surface area contributed by atoms with Crippen LogP contribution in [-0.2, 0) is 40.8 Å². The van der Waals surface area contributed by atoms with E-state index >= 15 is 0 Å². The number of nitrogens with zero attached hydrogens (tertiary/aromatic N) is 1. The van der Waals surface area contributed by atoms with Crippen LogP contribution in [0.4, 0.5) is 9.59 Å². The first-order chi connectivity index (χ1) is 26.9. The van der Waals surface area contributed by atoms with Gasteiger partial charge in [0.25, 0.3) is 0 Å². The number of amides is 2. The third-order valence-corrected chi connectivity index (χ3v) is 12.7. The number of alkyl carbamates (subject to hydrolysis) is 2. The maximum absolute atomic E-state index is 14.1. The SMILES string of the molecule is CCOc1ccc(-c2ccc(CNC(=O)OC(C)(C)C)cc2)cc1S(=O)(=O)N1CCC2(CC1)C[C@H](OC(=O)NCC(O)COc1cccc(S(=O)(=O)NC)c1)CO2. The summed E-state index contributed by atoms with van der Waals surface area (Å²) in [6.45, 7) is 7.84. The lowest BCUT2D eigenvalue weighted by Crippen LogP contribution is -2.46. The molecule has 2 heterocycles. The topological polar surface area (TPSA) is 208 Å². The van der Waals surface area contributed by atoms with Gasteiger partial charge in [0.1, 0.15) is 40.8 Å². The molecule has 3 aromatic carbocycles. The largest absolute Gasteiger partial charge is 0.492 e. The standard InChI is InChI=1S/C39H52N4O12S2/c1-6-51-34-15-14-29(28-12-10-27(11-13-28)23-41-37(46)55-38(2,3)4)20-35(34)57(49,50)43-18-16-39(17-19-43)22-32(26-53-39)54-36(45)42-24-30(44)25-52-31-8-7-9-33(21-31)56(47,48)40-5/h7-15,20-21,30,32,40,44H,6,16-19,22-26H2,1-5H3,(H,41,46)(H,42,45)/t30?,32-/m0/s1. The van der Waals surface area contributed by atoms with Crippen LogP contribution in [-0.4, -0.2) is 108 Å². The average molecular weight is 833 g/mol. The van der Waals surface area contributed by atoms with Crippen molar-refractivity contribution in [2.45, 2.75) is 86.7 Å². The molecule has 0 bridgehead atoms. The van der Waals surface area contributed by atoms with Gasteiger partial charge in [0, 0.05) is 32.1 Å². The van der Waals surface area contributed by atoms with Gasteiger partial charge in [-0.05, 0) is 88.5 Å². The predicted molar refractivity (Wildman–Crippen MR) is 210 cm³/mol. The maximum Gasteiger partial charge on any atom is 0.407 e. The van der Waals surface area contributed by atoms with Crippen molar-refractivity contribution in [1.82, 2.24) is 19.7 Å². The molecular weight excluding hydrogens is 781 g/mol. The summed E-state index contributed by atoms with van der Waals surface area (Å²) in [4.78, 5) is 24.7. The van der Waals surface area contributed by atoms with Crippen molar-refractivity contribution in [2.24, 2.45) is 0 Å². The second-order valence-corrected chi connectivity index (χ2v) is 18.6. The first kappa shape index (κ1) is 43.7. The molecule has 2 aliphatic rings. The number of sulfonamides is 2. The Bertz CT molecular complexity index is 2080. The van der Waals surface area contributed by atoms with Crippen molar-refractivity contribution in [3.05, 3.63) is 72.3 Å². The van der Waals surface area contributed by atoms with Gasteiger partial charge >= 0.3 is 12.2 Å². The monoisotopic (exact) mass is 832 g/mol. The van der Waals surface area contributed by atoms with E-state index in [4.69, 9.17) is 23.7 Å². The van der Waals surface area contributed by atoms with E-state index in [0.717, 1.165) is 11.1 Å². The van der Waals surface area contributed by atoms with Crippen LogP contribution in [0.3, 0.4) is 0 Å². The van der Waals surface area contributed by atoms with E-state index in [1.807, 2.05) is 30.3 Å². The number of piperidine rings is 1. The summed E-state index contributed by atoms with van der Waals surface area (Å²) in [5.41, 5.74) is 1.05. The summed E-state index contributed by atoms with van der Waals surface area (Å²) in [6, 6.07) is 18.3. The van der Waals surface area contributed by atoms with Crippen LogP contribution in [0.5, 0.6) is 11.5 Å². The fraction of sp³-hybridized carbons (Fsp3) is 0.487. The summed E-state index contributed by atoms with van der Waals surface area (Å²) < 4.78 is 84.2. The minimum Gasteiger partial charge on any atom is -0.492 e. The Kier molecular flexibility index (Phi) is 14.1. The first-order valence-corrected chi connectivity index (χ1v) is 21.6. The van der Waals surface area contributed by atoms with E-state index in [9.17, 15) is 31.5 Å². The summed E-state index contributed by atoms with van der Waals surface area (Å²) >= 11 is 0. The molecule has 0 aromatic heterocycles. The van der Waals surface area contributed by atoms with Crippen LogP contribution in [0.1, 0.15) is 52.5 Å². The quantitative estimate of drug-likeness (QED) is 0.170. The first-order valence-electron chi connectivity index (χ1n) is 18.7. The molecule has 2 amide bonds. The van der Waals surface area contributed by atoms with E-state index in [1.165, 1.54) is 29.6 Å². The Balaban J connectivity index is 1.12. The number of aliphatic hydroxyl groups excluding tert-OH is 1. The van der Waals surface area contributed by atoms with Crippen LogP contribution < -0.4 is 24.8 Å². The lowest BCUT2D eigenvalue weighted by Gasteiger charge is -2.38. The summed E-state index contributed by atoms with van der Waals surface area (Å²) in [6.07, 6.45) is -1.78. The molecule has 2 fully saturated rings. The highest BCUT2D eigenvalue weighted by atomic mass is 32.2. The van der Waals surface area contributed by atoms with Crippen LogP contribution in [0.15, 0.2) is 76.5 Å². The van der Waals surface area contributed by atoms with Crippen molar-refractivity contribution < 1.29 is 55.2 Å². The molecule has 18 heteroatoms. The Morgan fingerprint density at radius 2 is 1.65 bits per heavy atom. The van der Waals surface area contributed by atoms with Gasteiger partial charge in [-0.15, -0.1) is 0 Å². The lowest BCUT2D eigenvalue weighted by molar-refractivity contribution is -0.0325. The number of rotatable bonds is 15. The third-order valence-electron chi connectivity index (χ3n) is 9.38. The number of nitrogens with one attached hydrogen (secondary N) is 3. The van der Waals surface area contributed by atoms with Crippen molar-refractivity contribution in [2.75, 3.05) is 46.5 Å². The number of hydrogen-bond acceptors (Lipinski definition) is 12. The second kappa shape index (κ2) is 18.4. The van der Waals surface area contributed by atoms with Crippen LogP contribution >= 0.6 is 0 Å². The highest BCUT2D eigenvalue weighted by molar-refractivity contribution is 7.89. The normalized spacial score (nSPS) is 17.8. The number of aliphatic hydroxyl groups is 1. The van der Waals surface area contributed by atoms with Crippen LogP contribution in [0.2, 0.25) is 0 Å². The molecule has 3 aromatic rings. The minimum absolute atomic E-state index is 0.0101. The Hall–Kier alpha value is -4.46. The zero-order valence-electron chi connectivity index (χ0n) is 32.8. The molecule has 4 N–H and O–H groups in total. The molecule has 312 valence electrons. The van der Waals surface area contributed by atoms with Crippen molar-refractivity contribution in [1.29, 1.82) is 0 Å². The number of carbonyl (C=O) groups excluding carboxylic acids is 2. The van der Waals surface area contributed by atoms with E-state index in [2.05, 4.69) is 15.4 Å². The minimum atomic E-state index is -3.98. The van der Waals surface area contributed by atoms with E-state index in [-0.39, 0.29) is 67.3 Å². The van der Waals surface area contributed by atoms with Crippen LogP contribution in [0.25, 0.3) is 11.1 Å². The highest BCUT2D eigenvalue weighted by Gasteiger charge is 2.46. The van der Waals surface area contributed by atoms with E-state index in [0.29, 0.717) is 24.8 Å². The molecule has 0 saturated carbocycles. The zero-order chi connectivity index (χ0) is 41.4. The Morgan fingerprint density at radius 3 is 2.32 bits per heavy atom. The van der Waals surface area contributed by atoms with Crippen LogP contribution in [0, 0.1) is 0 Å². The smallest absolute Gasteiger partial charge is 0.407 e. The number of carbonyl (C=O) groups is 2. The second-order valence-electron chi connectivity index (χ2n) is 14.8. The molecule has 2 saturated heterocycles. The molecule has 0 aliphatic carbocycles. The van der Waals surface area contributed by atoms with Gasteiger partial charge in [-0.3, -0.25) is 0 Å². The summed E-state index contributed by atoms with van der Waals surface area (Å²) in [5, 5.41) is 15.6. The number of benzene rings is 3. The lowest BCUT2D eigenvalue weighted by atomic mass is 9.89. The molecule has 2 aliphatic heterocycles. The van der Waals surface area contributed by atoms with Crippen molar-refractivity contribution >= 4 is 32.2 Å². The number of ether oxygens (including phenoxy) is 5. The molecule has 57 heavy (non-hydrogen) atoms.